The van der Waals surface area contributed by atoms with Crippen LogP contribution >= 0.6 is 11.6 Å². The van der Waals surface area contributed by atoms with Gasteiger partial charge in [0.05, 0.1) is 12.8 Å². The topological polar surface area (TPSA) is 44.8 Å². The van der Waals surface area contributed by atoms with Crippen molar-refractivity contribution in [1.82, 2.24) is 4.90 Å². The average Bonchev–Trinajstić information content (AvgIpc) is 2.70. The predicted octanol–water partition coefficient (Wildman–Crippen LogP) is 4.57. The molecule has 1 heterocycles. The molecular weight excluding hydrogens is 362 g/mol. The van der Waals surface area contributed by atoms with Crippen molar-refractivity contribution in [2.45, 2.75) is 20.3 Å². The number of carbonyl (C=O) groups excluding carboxylic acids is 1. The fourth-order valence-corrected chi connectivity index (χ4v) is 3.39. The van der Waals surface area contributed by atoms with Crippen molar-refractivity contribution in [2.75, 3.05) is 43.5 Å². The lowest BCUT2D eigenvalue weighted by Crippen LogP contribution is -2.50. The number of nitrogens with zero attached hydrogens (tertiary/aromatic N) is 2. The van der Waals surface area contributed by atoms with E-state index in [1.807, 2.05) is 17.9 Å². The summed E-state index contributed by atoms with van der Waals surface area (Å²) in [5.74, 6) is 0.564. The highest BCUT2D eigenvalue weighted by molar-refractivity contribution is 6.31. The smallest absolute Gasteiger partial charge is 0.322 e. The van der Waals surface area contributed by atoms with E-state index in [1.165, 1.54) is 11.3 Å². The van der Waals surface area contributed by atoms with Crippen molar-refractivity contribution in [3.05, 3.63) is 52.5 Å². The molecule has 5 nitrogen and oxygen atoms in total. The number of urea groups is 1. The Morgan fingerprint density at radius 1 is 1.15 bits per heavy atom. The molecule has 2 aromatic carbocycles. The minimum atomic E-state index is -0.115. The standard InChI is InChI=1S/C21H26ClN3O2/c1-4-16-5-7-17(8-6-16)24-9-11-25(12-10-24)21(26)23-19-13-15(2)18(22)14-20(19)27-3/h5-8,13-14H,4,9-12H2,1-3H3,(H,23,26). The molecule has 3 rings (SSSR count). The Hall–Kier alpha value is -2.40. The van der Waals surface area contributed by atoms with E-state index in [9.17, 15) is 4.79 Å². The Labute approximate surface area is 165 Å². The van der Waals surface area contributed by atoms with Crippen molar-refractivity contribution in [2.24, 2.45) is 0 Å². The number of nitrogens with one attached hydrogen (secondary N) is 1. The number of hydrogen-bond acceptors (Lipinski definition) is 3. The highest BCUT2D eigenvalue weighted by Gasteiger charge is 2.22. The monoisotopic (exact) mass is 387 g/mol. The molecule has 2 aromatic rings. The molecule has 0 saturated carbocycles. The second-order valence-corrected chi connectivity index (χ2v) is 7.13. The number of aryl methyl sites for hydroxylation is 2. The number of rotatable bonds is 4. The zero-order valence-electron chi connectivity index (χ0n) is 16.1. The van der Waals surface area contributed by atoms with E-state index < -0.39 is 0 Å². The summed E-state index contributed by atoms with van der Waals surface area (Å²) in [5, 5.41) is 3.57. The highest BCUT2D eigenvalue weighted by Crippen LogP contribution is 2.31. The van der Waals surface area contributed by atoms with Gasteiger partial charge in [-0.05, 0) is 42.7 Å². The van der Waals surface area contributed by atoms with Gasteiger partial charge in [-0.15, -0.1) is 0 Å². The van der Waals surface area contributed by atoms with Crippen LogP contribution in [0.4, 0.5) is 16.2 Å². The van der Waals surface area contributed by atoms with Gasteiger partial charge in [0.15, 0.2) is 0 Å². The van der Waals surface area contributed by atoms with Crippen LogP contribution in [0.15, 0.2) is 36.4 Å². The molecule has 0 radical (unpaired) electrons. The Morgan fingerprint density at radius 2 is 1.81 bits per heavy atom. The summed E-state index contributed by atoms with van der Waals surface area (Å²) in [5.41, 5.74) is 4.08. The first-order valence-electron chi connectivity index (χ1n) is 9.25. The van der Waals surface area contributed by atoms with Gasteiger partial charge in [-0.3, -0.25) is 0 Å². The molecular formula is C21H26ClN3O2. The second-order valence-electron chi connectivity index (χ2n) is 6.73. The van der Waals surface area contributed by atoms with Crippen molar-refractivity contribution < 1.29 is 9.53 Å². The fraction of sp³-hybridized carbons (Fsp3) is 0.381. The molecule has 0 bridgehead atoms. The summed E-state index contributed by atoms with van der Waals surface area (Å²) in [6.07, 6.45) is 1.04. The van der Waals surface area contributed by atoms with Crippen LogP contribution in [0, 0.1) is 6.92 Å². The Balaban J connectivity index is 1.61. The number of halogens is 1. The molecule has 0 aliphatic carbocycles. The largest absolute Gasteiger partial charge is 0.495 e. The first kappa shape index (κ1) is 19.4. The zero-order chi connectivity index (χ0) is 19.4. The number of benzene rings is 2. The molecule has 1 aliphatic rings. The SMILES string of the molecule is CCc1ccc(N2CCN(C(=O)Nc3cc(C)c(Cl)cc3OC)CC2)cc1. The molecule has 0 spiro atoms. The minimum Gasteiger partial charge on any atom is -0.495 e. The van der Waals surface area contributed by atoms with Crippen LogP contribution in [-0.2, 0) is 6.42 Å². The zero-order valence-corrected chi connectivity index (χ0v) is 16.8. The summed E-state index contributed by atoms with van der Waals surface area (Å²) in [7, 11) is 1.57. The molecule has 27 heavy (non-hydrogen) atoms. The minimum absolute atomic E-state index is 0.115. The van der Waals surface area contributed by atoms with Gasteiger partial charge >= 0.3 is 6.03 Å². The number of ether oxygens (including phenoxy) is 1. The Morgan fingerprint density at radius 3 is 2.41 bits per heavy atom. The molecule has 1 saturated heterocycles. The Bertz CT molecular complexity index is 800. The van der Waals surface area contributed by atoms with Gasteiger partial charge in [0.1, 0.15) is 5.75 Å². The molecule has 0 atom stereocenters. The average molecular weight is 388 g/mol. The van der Waals surface area contributed by atoms with Crippen LogP contribution in [0.25, 0.3) is 0 Å². The third-order valence-corrected chi connectivity index (χ3v) is 5.41. The molecule has 1 fully saturated rings. The Kier molecular flexibility index (Phi) is 6.11. The van der Waals surface area contributed by atoms with E-state index in [0.717, 1.165) is 25.1 Å². The fourth-order valence-electron chi connectivity index (χ4n) is 3.23. The molecule has 0 unspecified atom stereocenters. The lowest BCUT2D eigenvalue weighted by Gasteiger charge is -2.36. The van der Waals surface area contributed by atoms with Crippen molar-refractivity contribution >= 4 is 29.0 Å². The first-order valence-corrected chi connectivity index (χ1v) is 9.63. The maximum atomic E-state index is 12.7. The summed E-state index contributed by atoms with van der Waals surface area (Å²) in [6.45, 7) is 7.04. The summed E-state index contributed by atoms with van der Waals surface area (Å²) in [6, 6.07) is 12.1. The van der Waals surface area contributed by atoms with E-state index in [1.54, 1.807) is 13.2 Å². The van der Waals surface area contributed by atoms with E-state index in [4.69, 9.17) is 16.3 Å². The maximum absolute atomic E-state index is 12.7. The van der Waals surface area contributed by atoms with Gasteiger partial charge in [-0.2, -0.15) is 0 Å². The van der Waals surface area contributed by atoms with E-state index in [0.29, 0.717) is 29.5 Å². The first-order chi connectivity index (χ1) is 13.0. The van der Waals surface area contributed by atoms with E-state index >= 15 is 0 Å². The van der Waals surface area contributed by atoms with Crippen LogP contribution in [0.1, 0.15) is 18.1 Å². The highest BCUT2D eigenvalue weighted by atomic mass is 35.5. The van der Waals surface area contributed by atoms with Crippen molar-refractivity contribution in [1.29, 1.82) is 0 Å². The van der Waals surface area contributed by atoms with Gasteiger partial charge in [0.2, 0.25) is 0 Å². The van der Waals surface area contributed by atoms with Gasteiger partial charge in [-0.25, -0.2) is 4.79 Å². The van der Waals surface area contributed by atoms with Crippen LogP contribution in [0.3, 0.4) is 0 Å². The summed E-state index contributed by atoms with van der Waals surface area (Å²) < 4.78 is 5.34. The normalized spacial score (nSPS) is 14.2. The maximum Gasteiger partial charge on any atom is 0.322 e. The number of amides is 2. The molecule has 2 amide bonds. The third-order valence-electron chi connectivity index (χ3n) is 5.00. The lowest BCUT2D eigenvalue weighted by atomic mass is 10.1. The number of hydrogen-bond donors (Lipinski definition) is 1. The lowest BCUT2D eigenvalue weighted by molar-refractivity contribution is 0.208. The van der Waals surface area contributed by atoms with Crippen LogP contribution in [0.2, 0.25) is 5.02 Å². The van der Waals surface area contributed by atoms with Crippen molar-refractivity contribution in [3.8, 4) is 5.75 Å². The van der Waals surface area contributed by atoms with Gasteiger partial charge in [0.25, 0.3) is 0 Å². The van der Waals surface area contributed by atoms with Gasteiger partial charge in [0, 0.05) is 43.0 Å². The van der Waals surface area contributed by atoms with Gasteiger partial charge < -0.3 is 19.9 Å². The number of piperazine rings is 1. The quantitative estimate of drug-likeness (QED) is 0.835. The number of methoxy groups -OCH3 is 1. The molecule has 1 aliphatic heterocycles. The van der Waals surface area contributed by atoms with Crippen LogP contribution in [-0.4, -0.2) is 44.2 Å². The molecule has 1 N–H and O–H groups in total. The van der Waals surface area contributed by atoms with Crippen LogP contribution < -0.4 is 15.0 Å². The number of anilines is 2. The van der Waals surface area contributed by atoms with Gasteiger partial charge in [-0.1, -0.05) is 30.7 Å². The molecule has 6 heteroatoms. The molecule has 144 valence electrons. The van der Waals surface area contributed by atoms with Crippen LogP contribution in [0.5, 0.6) is 5.75 Å². The number of carbonyl (C=O) groups is 1. The predicted molar refractivity (Wildman–Crippen MR) is 111 cm³/mol. The summed E-state index contributed by atoms with van der Waals surface area (Å²) >= 11 is 6.13. The molecule has 0 aromatic heterocycles. The second kappa shape index (κ2) is 8.53. The van der Waals surface area contributed by atoms with Crippen molar-refractivity contribution in [3.63, 3.8) is 0 Å². The third kappa shape index (κ3) is 4.48. The van der Waals surface area contributed by atoms with E-state index in [-0.39, 0.29) is 6.03 Å². The van der Waals surface area contributed by atoms with E-state index in [2.05, 4.69) is 41.4 Å². The summed E-state index contributed by atoms with van der Waals surface area (Å²) in [4.78, 5) is 16.8.